The van der Waals surface area contributed by atoms with Gasteiger partial charge in [0.05, 0.1) is 11.3 Å². The number of pyridine rings is 1. The molecule has 0 aliphatic heterocycles. The minimum atomic E-state index is -0.189. The number of fused-ring (bicyclic) bond motifs is 1. The molecule has 0 radical (unpaired) electrons. The summed E-state index contributed by atoms with van der Waals surface area (Å²) in [6.45, 7) is 4.23. The van der Waals surface area contributed by atoms with E-state index >= 15 is 0 Å². The Bertz CT molecular complexity index is 735. The van der Waals surface area contributed by atoms with E-state index in [1.807, 2.05) is 0 Å². The van der Waals surface area contributed by atoms with E-state index in [2.05, 4.69) is 47.9 Å². The first kappa shape index (κ1) is 14.3. The quantitative estimate of drug-likeness (QED) is 0.856. The number of nitrogens with zero attached hydrogens (tertiary/aromatic N) is 1. The van der Waals surface area contributed by atoms with Crippen LogP contribution in [-0.4, -0.2) is 10.9 Å². The first-order valence-electron chi connectivity index (χ1n) is 7.42. The highest BCUT2D eigenvalue weighted by atomic mass is 16.2. The summed E-state index contributed by atoms with van der Waals surface area (Å²) in [6, 6.07) is 7.85. The predicted molar refractivity (Wildman–Crippen MR) is 87.1 cm³/mol. The minimum absolute atomic E-state index is 0.189. The molecule has 4 heteroatoms. The largest absolute Gasteiger partial charge is 0.298 e. The van der Waals surface area contributed by atoms with Crippen molar-refractivity contribution >= 4 is 11.6 Å². The van der Waals surface area contributed by atoms with Crippen molar-refractivity contribution in [2.75, 3.05) is 0 Å². The lowest BCUT2D eigenvalue weighted by Gasteiger charge is -2.22. The van der Waals surface area contributed by atoms with E-state index in [1.54, 1.807) is 24.5 Å². The molecular formula is C18H19N3O. The molecule has 0 bridgehead atoms. The number of carbonyl (C=O) groups is 1. The molecule has 2 N–H and O–H groups in total. The Morgan fingerprint density at radius 2 is 2.14 bits per heavy atom. The average molecular weight is 293 g/mol. The summed E-state index contributed by atoms with van der Waals surface area (Å²) in [4.78, 5) is 16.0. The van der Waals surface area contributed by atoms with Gasteiger partial charge in [0, 0.05) is 18.0 Å². The van der Waals surface area contributed by atoms with Gasteiger partial charge >= 0.3 is 0 Å². The van der Waals surface area contributed by atoms with Crippen molar-refractivity contribution in [1.29, 1.82) is 0 Å². The molecule has 1 aliphatic carbocycles. The normalized spacial score (nSPS) is 13.1. The number of hydrogen-bond donors (Lipinski definition) is 2. The van der Waals surface area contributed by atoms with Gasteiger partial charge < -0.3 is 0 Å². The zero-order valence-electron chi connectivity index (χ0n) is 12.8. The lowest BCUT2D eigenvalue weighted by atomic mass is 9.89. The van der Waals surface area contributed by atoms with Crippen LogP contribution in [0.5, 0.6) is 0 Å². The third-order valence-electron chi connectivity index (χ3n) is 3.88. The minimum Gasteiger partial charge on any atom is -0.298 e. The summed E-state index contributed by atoms with van der Waals surface area (Å²) < 4.78 is 0. The van der Waals surface area contributed by atoms with Gasteiger partial charge in [-0.25, -0.2) is 0 Å². The second-order valence-corrected chi connectivity index (χ2v) is 5.59. The van der Waals surface area contributed by atoms with Crippen LogP contribution in [0.2, 0.25) is 0 Å². The van der Waals surface area contributed by atoms with E-state index in [4.69, 9.17) is 0 Å². The Kier molecular flexibility index (Phi) is 3.92. The molecule has 1 heterocycles. The molecule has 1 amide bonds. The van der Waals surface area contributed by atoms with Gasteiger partial charge in [0.1, 0.15) is 0 Å². The smallest absolute Gasteiger partial charge is 0.271 e. The van der Waals surface area contributed by atoms with Gasteiger partial charge in [-0.05, 0) is 56.0 Å². The number of benzene rings is 1. The Labute approximate surface area is 130 Å². The number of rotatable bonds is 3. The van der Waals surface area contributed by atoms with E-state index < -0.39 is 0 Å². The number of nitrogens with one attached hydrogen (secondary N) is 2. The number of aromatic nitrogens is 1. The van der Waals surface area contributed by atoms with Gasteiger partial charge in [0.2, 0.25) is 0 Å². The van der Waals surface area contributed by atoms with Crippen molar-refractivity contribution in [3.63, 3.8) is 0 Å². The monoisotopic (exact) mass is 293 g/mol. The fourth-order valence-corrected chi connectivity index (χ4v) is 2.85. The van der Waals surface area contributed by atoms with Gasteiger partial charge in [-0.2, -0.15) is 0 Å². The molecule has 112 valence electrons. The summed E-state index contributed by atoms with van der Waals surface area (Å²) in [5.41, 5.74) is 12.4. The van der Waals surface area contributed by atoms with Gasteiger partial charge in [0.25, 0.3) is 5.91 Å². The van der Waals surface area contributed by atoms with Crippen LogP contribution in [0.25, 0.3) is 5.70 Å². The van der Waals surface area contributed by atoms with Crippen molar-refractivity contribution in [2.24, 2.45) is 0 Å². The topological polar surface area (TPSA) is 54.0 Å². The maximum Gasteiger partial charge on any atom is 0.271 e. The SMILES string of the molecule is Cc1cc(C)c2c(c1)C(NNC(=O)c1cccnc1)=CCC2. The molecule has 3 rings (SSSR count). The molecule has 1 aliphatic rings. The van der Waals surface area contributed by atoms with Gasteiger partial charge in [-0.15, -0.1) is 0 Å². The van der Waals surface area contributed by atoms with E-state index in [1.165, 1.54) is 22.3 Å². The Morgan fingerprint density at radius 1 is 1.27 bits per heavy atom. The first-order chi connectivity index (χ1) is 10.6. The highest BCUT2D eigenvalue weighted by Gasteiger charge is 2.15. The molecule has 0 saturated carbocycles. The molecule has 0 spiro atoms. The number of allylic oxidation sites excluding steroid dienone is 1. The Hall–Kier alpha value is -2.62. The molecule has 0 saturated heterocycles. The molecule has 1 aromatic carbocycles. The van der Waals surface area contributed by atoms with Crippen molar-refractivity contribution in [3.8, 4) is 0 Å². The first-order valence-corrected chi connectivity index (χ1v) is 7.42. The molecule has 2 aromatic rings. The highest BCUT2D eigenvalue weighted by molar-refractivity contribution is 5.94. The van der Waals surface area contributed by atoms with Gasteiger partial charge in [-0.1, -0.05) is 17.7 Å². The van der Waals surface area contributed by atoms with Crippen molar-refractivity contribution in [3.05, 3.63) is 70.6 Å². The van der Waals surface area contributed by atoms with Crippen LogP contribution < -0.4 is 10.9 Å². The summed E-state index contributed by atoms with van der Waals surface area (Å²) in [5, 5.41) is 0. The lowest BCUT2D eigenvalue weighted by molar-refractivity contribution is 0.0942. The van der Waals surface area contributed by atoms with Gasteiger partial charge in [0.15, 0.2) is 0 Å². The fourth-order valence-electron chi connectivity index (χ4n) is 2.85. The Balaban J connectivity index is 1.77. The molecule has 0 unspecified atom stereocenters. The number of hydrazine groups is 1. The van der Waals surface area contributed by atoms with E-state index in [-0.39, 0.29) is 5.91 Å². The van der Waals surface area contributed by atoms with Crippen molar-refractivity contribution < 1.29 is 4.79 Å². The van der Waals surface area contributed by atoms with Crippen LogP contribution >= 0.6 is 0 Å². The van der Waals surface area contributed by atoms with Crippen LogP contribution in [0.15, 0.2) is 42.7 Å². The second kappa shape index (κ2) is 6.02. The number of carbonyl (C=O) groups excluding carboxylic acids is 1. The standard InChI is InChI=1S/C18H19N3O/c1-12-9-13(2)15-6-3-7-17(16(15)10-12)20-21-18(22)14-5-4-8-19-11-14/h4-5,7-11,20H,3,6H2,1-2H3,(H,21,22). The summed E-state index contributed by atoms with van der Waals surface area (Å²) in [7, 11) is 0. The summed E-state index contributed by atoms with van der Waals surface area (Å²) in [6.07, 6.45) is 7.35. The summed E-state index contributed by atoms with van der Waals surface area (Å²) >= 11 is 0. The highest BCUT2D eigenvalue weighted by Crippen LogP contribution is 2.28. The van der Waals surface area contributed by atoms with Crippen LogP contribution in [0, 0.1) is 13.8 Å². The van der Waals surface area contributed by atoms with Crippen LogP contribution in [0.1, 0.15) is 39.0 Å². The summed E-state index contributed by atoms with van der Waals surface area (Å²) in [5.74, 6) is -0.189. The molecule has 0 fully saturated rings. The van der Waals surface area contributed by atoms with Crippen molar-refractivity contribution in [1.82, 2.24) is 15.8 Å². The third-order valence-corrected chi connectivity index (χ3v) is 3.88. The third kappa shape index (κ3) is 2.86. The van der Waals surface area contributed by atoms with E-state index in [9.17, 15) is 4.79 Å². The molecule has 1 aromatic heterocycles. The van der Waals surface area contributed by atoms with E-state index in [0.29, 0.717) is 5.56 Å². The van der Waals surface area contributed by atoms with Crippen molar-refractivity contribution in [2.45, 2.75) is 26.7 Å². The second-order valence-electron chi connectivity index (χ2n) is 5.59. The molecule has 0 atom stereocenters. The lowest BCUT2D eigenvalue weighted by Crippen LogP contribution is -2.36. The average Bonchev–Trinajstić information content (AvgIpc) is 2.53. The fraction of sp³-hybridized carbons (Fsp3) is 0.222. The van der Waals surface area contributed by atoms with E-state index in [0.717, 1.165) is 18.5 Å². The molecule has 22 heavy (non-hydrogen) atoms. The molecular weight excluding hydrogens is 274 g/mol. The zero-order chi connectivity index (χ0) is 15.5. The van der Waals surface area contributed by atoms with Crippen LogP contribution in [0.3, 0.4) is 0 Å². The predicted octanol–water partition coefficient (Wildman–Crippen LogP) is 2.92. The zero-order valence-corrected chi connectivity index (χ0v) is 12.8. The number of hydrogen-bond acceptors (Lipinski definition) is 3. The Morgan fingerprint density at radius 3 is 2.91 bits per heavy atom. The maximum absolute atomic E-state index is 12.1. The maximum atomic E-state index is 12.1. The number of amides is 1. The van der Waals surface area contributed by atoms with Crippen LogP contribution in [0.4, 0.5) is 0 Å². The van der Waals surface area contributed by atoms with Crippen LogP contribution in [-0.2, 0) is 6.42 Å². The van der Waals surface area contributed by atoms with Gasteiger partial charge in [-0.3, -0.25) is 20.6 Å². The molecule has 4 nitrogen and oxygen atoms in total. The number of aryl methyl sites for hydroxylation is 2.